The molecule has 2 atom stereocenters. The summed E-state index contributed by atoms with van der Waals surface area (Å²) in [5.74, 6) is 2.31. The van der Waals surface area contributed by atoms with Gasteiger partial charge in [-0.3, -0.25) is 9.88 Å². The van der Waals surface area contributed by atoms with Crippen molar-refractivity contribution in [3.05, 3.63) is 29.6 Å². The first kappa shape index (κ1) is 15.5. The average Bonchev–Trinajstić information content (AvgIpc) is 2.68. The van der Waals surface area contributed by atoms with Gasteiger partial charge in [0.05, 0.1) is 11.4 Å². The Labute approximate surface area is 123 Å². The summed E-state index contributed by atoms with van der Waals surface area (Å²) in [5.41, 5.74) is 2.36. The van der Waals surface area contributed by atoms with Crippen LogP contribution in [-0.4, -0.2) is 29.5 Å². The first-order valence-corrected chi connectivity index (χ1v) is 7.92. The Morgan fingerprint density at radius 1 is 1.20 bits per heavy atom. The van der Waals surface area contributed by atoms with Crippen molar-refractivity contribution in [1.82, 2.24) is 15.2 Å². The van der Waals surface area contributed by atoms with Gasteiger partial charge in [0, 0.05) is 26.2 Å². The molecule has 1 N–H and O–H groups in total. The van der Waals surface area contributed by atoms with Crippen LogP contribution >= 0.6 is 0 Å². The standard InChI is InChI=1S/C17H29N3/c1-13(2)8-18-9-16-6-5-7-17(19-16)12-20-10-14(3)15(4)11-20/h5-7,13-15,18H,8-12H2,1-4H3. The predicted octanol–water partition coefficient (Wildman–Crippen LogP) is 2.92. The summed E-state index contributed by atoms with van der Waals surface area (Å²) < 4.78 is 0. The minimum absolute atomic E-state index is 0.686. The molecule has 3 heteroatoms. The van der Waals surface area contributed by atoms with E-state index in [4.69, 9.17) is 4.98 Å². The first-order chi connectivity index (χ1) is 9.54. The summed E-state index contributed by atoms with van der Waals surface area (Å²) in [6.45, 7) is 14.5. The molecule has 1 aliphatic heterocycles. The smallest absolute Gasteiger partial charge is 0.0547 e. The molecule has 2 rings (SSSR count). The second-order valence-corrected chi connectivity index (χ2v) is 6.79. The topological polar surface area (TPSA) is 28.2 Å². The second-order valence-electron chi connectivity index (χ2n) is 6.79. The van der Waals surface area contributed by atoms with Crippen LogP contribution in [0.5, 0.6) is 0 Å². The zero-order chi connectivity index (χ0) is 14.5. The molecule has 1 aliphatic rings. The molecule has 1 fully saturated rings. The molecule has 0 amide bonds. The molecule has 0 aromatic carbocycles. The van der Waals surface area contributed by atoms with E-state index in [0.29, 0.717) is 5.92 Å². The quantitative estimate of drug-likeness (QED) is 0.865. The van der Waals surface area contributed by atoms with E-state index in [1.807, 2.05) is 0 Å². The fraction of sp³-hybridized carbons (Fsp3) is 0.706. The molecule has 0 bridgehead atoms. The monoisotopic (exact) mass is 275 g/mol. The van der Waals surface area contributed by atoms with Crippen molar-refractivity contribution >= 4 is 0 Å². The van der Waals surface area contributed by atoms with E-state index >= 15 is 0 Å². The van der Waals surface area contributed by atoms with Crippen LogP contribution < -0.4 is 5.32 Å². The van der Waals surface area contributed by atoms with Gasteiger partial charge in [0.1, 0.15) is 0 Å². The van der Waals surface area contributed by atoms with E-state index in [1.165, 1.54) is 18.8 Å². The molecular weight excluding hydrogens is 246 g/mol. The van der Waals surface area contributed by atoms with Gasteiger partial charge in [-0.05, 0) is 36.4 Å². The lowest BCUT2D eigenvalue weighted by Crippen LogP contribution is -2.22. The van der Waals surface area contributed by atoms with E-state index in [1.54, 1.807) is 0 Å². The van der Waals surface area contributed by atoms with Crippen LogP contribution in [0.15, 0.2) is 18.2 Å². The molecule has 20 heavy (non-hydrogen) atoms. The summed E-state index contributed by atoms with van der Waals surface area (Å²) >= 11 is 0. The molecule has 0 spiro atoms. The van der Waals surface area contributed by atoms with Crippen molar-refractivity contribution in [2.45, 2.75) is 40.8 Å². The van der Waals surface area contributed by atoms with Crippen molar-refractivity contribution in [2.24, 2.45) is 17.8 Å². The van der Waals surface area contributed by atoms with E-state index < -0.39 is 0 Å². The lowest BCUT2D eigenvalue weighted by molar-refractivity contribution is 0.312. The lowest BCUT2D eigenvalue weighted by atomic mass is 10.0. The lowest BCUT2D eigenvalue weighted by Gasteiger charge is -2.15. The van der Waals surface area contributed by atoms with Gasteiger partial charge in [-0.2, -0.15) is 0 Å². The van der Waals surface area contributed by atoms with Gasteiger partial charge < -0.3 is 5.32 Å². The van der Waals surface area contributed by atoms with Gasteiger partial charge in [0.15, 0.2) is 0 Å². The molecule has 0 aliphatic carbocycles. The predicted molar refractivity (Wildman–Crippen MR) is 84.4 cm³/mol. The van der Waals surface area contributed by atoms with E-state index in [-0.39, 0.29) is 0 Å². The average molecular weight is 275 g/mol. The van der Waals surface area contributed by atoms with Gasteiger partial charge in [-0.25, -0.2) is 0 Å². The van der Waals surface area contributed by atoms with Crippen LogP contribution in [0.4, 0.5) is 0 Å². The van der Waals surface area contributed by atoms with Crippen molar-refractivity contribution in [2.75, 3.05) is 19.6 Å². The van der Waals surface area contributed by atoms with Gasteiger partial charge in [0.2, 0.25) is 0 Å². The third-order valence-corrected chi connectivity index (χ3v) is 4.17. The second kappa shape index (κ2) is 7.19. The number of rotatable bonds is 6. The molecule has 0 saturated carbocycles. The maximum Gasteiger partial charge on any atom is 0.0547 e. The summed E-state index contributed by atoms with van der Waals surface area (Å²) in [6.07, 6.45) is 0. The van der Waals surface area contributed by atoms with Gasteiger partial charge >= 0.3 is 0 Å². The largest absolute Gasteiger partial charge is 0.311 e. The molecular formula is C17H29N3. The summed E-state index contributed by atoms with van der Waals surface area (Å²) in [6, 6.07) is 6.41. The van der Waals surface area contributed by atoms with E-state index in [2.05, 4.69) is 56.1 Å². The molecule has 112 valence electrons. The number of hydrogen-bond acceptors (Lipinski definition) is 3. The number of nitrogens with one attached hydrogen (secondary N) is 1. The highest BCUT2D eigenvalue weighted by molar-refractivity contribution is 5.11. The molecule has 2 heterocycles. The van der Waals surface area contributed by atoms with Crippen molar-refractivity contribution in [3.63, 3.8) is 0 Å². The number of likely N-dealkylation sites (tertiary alicyclic amines) is 1. The maximum atomic E-state index is 4.78. The molecule has 3 nitrogen and oxygen atoms in total. The van der Waals surface area contributed by atoms with E-state index in [0.717, 1.165) is 37.2 Å². The van der Waals surface area contributed by atoms with E-state index in [9.17, 15) is 0 Å². The molecule has 1 aromatic heterocycles. The highest BCUT2D eigenvalue weighted by Gasteiger charge is 2.25. The zero-order valence-electron chi connectivity index (χ0n) is 13.4. The molecule has 1 saturated heterocycles. The van der Waals surface area contributed by atoms with Crippen molar-refractivity contribution in [1.29, 1.82) is 0 Å². The van der Waals surface area contributed by atoms with Gasteiger partial charge in [-0.1, -0.05) is 33.8 Å². The third-order valence-electron chi connectivity index (χ3n) is 4.17. The Morgan fingerprint density at radius 3 is 2.50 bits per heavy atom. The van der Waals surface area contributed by atoms with Crippen LogP contribution in [0, 0.1) is 17.8 Å². The Bertz CT molecular complexity index is 406. The minimum atomic E-state index is 0.686. The Balaban J connectivity index is 1.86. The van der Waals surface area contributed by atoms with Crippen LogP contribution in [0.25, 0.3) is 0 Å². The van der Waals surface area contributed by atoms with Crippen molar-refractivity contribution < 1.29 is 0 Å². The van der Waals surface area contributed by atoms with Crippen molar-refractivity contribution in [3.8, 4) is 0 Å². The highest BCUT2D eigenvalue weighted by atomic mass is 15.2. The highest BCUT2D eigenvalue weighted by Crippen LogP contribution is 2.23. The summed E-state index contributed by atoms with van der Waals surface area (Å²) in [5, 5.41) is 3.46. The van der Waals surface area contributed by atoms with Crippen LogP contribution in [0.3, 0.4) is 0 Å². The number of pyridine rings is 1. The minimum Gasteiger partial charge on any atom is -0.311 e. The van der Waals surface area contributed by atoms with Crippen LogP contribution in [0.1, 0.15) is 39.1 Å². The number of nitrogens with zero attached hydrogens (tertiary/aromatic N) is 2. The number of aromatic nitrogens is 1. The molecule has 1 aromatic rings. The van der Waals surface area contributed by atoms with Crippen LogP contribution in [0.2, 0.25) is 0 Å². The first-order valence-electron chi connectivity index (χ1n) is 7.92. The molecule has 2 unspecified atom stereocenters. The normalized spacial score (nSPS) is 23.6. The molecule has 0 radical (unpaired) electrons. The summed E-state index contributed by atoms with van der Waals surface area (Å²) in [7, 11) is 0. The summed E-state index contributed by atoms with van der Waals surface area (Å²) in [4.78, 5) is 7.31. The Morgan fingerprint density at radius 2 is 1.85 bits per heavy atom. The fourth-order valence-corrected chi connectivity index (χ4v) is 2.81. The van der Waals surface area contributed by atoms with Gasteiger partial charge in [-0.15, -0.1) is 0 Å². The fourth-order valence-electron chi connectivity index (χ4n) is 2.81. The van der Waals surface area contributed by atoms with Gasteiger partial charge in [0.25, 0.3) is 0 Å². The van der Waals surface area contributed by atoms with Crippen LogP contribution in [-0.2, 0) is 13.1 Å². The maximum absolute atomic E-state index is 4.78. The SMILES string of the molecule is CC(C)CNCc1cccc(CN2CC(C)C(C)C2)n1. The zero-order valence-corrected chi connectivity index (χ0v) is 13.4. The number of hydrogen-bond donors (Lipinski definition) is 1. The Hall–Kier alpha value is -0.930. The third kappa shape index (κ3) is 4.57. The Kier molecular flexibility index (Phi) is 5.55.